The smallest absolute Gasteiger partial charge is 0.357 e. The Hall–Kier alpha value is -1.67. The highest BCUT2D eigenvalue weighted by molar-refractivity contribution is 14.0. The number of hydrogen-bond donors (Lipinski definition) is 2. The molecule has 7 nitrogen and oxygen atoms in total. The maximum atomic E-state index is 12.7. The summed E-state index contributed by atoms with van der Waals surface area (Å²) in [7, 11) is 2.11. The van der Waals surface area contributed by atoms with Crippen LogP contribution in [0.25, 0.3) is 0 Å². The number of pyridine rings is 1. The summed E-state index contributed by atoms with van der Waals surface area (Å²) < 4.78 is 38.1. The largest absolute Gasteiger partial charge is 0.434 e. The lowest BCUT2D eigenvalue weighted by atomic mass is 10.2. The Morgan fingerprint density at radius 3 is 2.61 bits per heavy atom. The first-order chi connectivity index (χ1) is 14.3. The van der Waals surface area contributed by atoms with Crippen molar-refractivity contribution in [2.75, 3.05) is 44.7 Å². The van der Waals surface area contributed by atoms with Gasteiger partial charge in [0.1, 0.15) is 10.8 Å². The minimum atomic E-state index is -4.42. The second-order valence-electron chi connectivity index (χ2n) is 6.99. The second kappa shape index (κ2) is 11.8. The summed E-state index contributed by atoms with van der Waals surface area (Å²) >= 11 is 0.975. The van der Waals surface area contributed by atoms with Gasteiger partial charge in [0.25, 0.3) is 0 Å². The standard InChI is InChI=1S/C19H26F3N7S.HI/c1-3-23-18(26-12-17-27-15(13-30-17)19(20,21)22)25-11-14-4-5-24-16(10-14)29-8-6-28(2)7-9-29;/h4-5,10,13H,3,6-9,11-12H2,1-2H3,(H2,23,25,26);1H. The number of nitrogens with one attached hydrogen (secondary N) is 2. The molecule has 0 radical (unpaired) electrons. The molecule has 1 aliphatic rings. The number of aliphatic imine (C=N–C) groups is 1. The average molecular weight is 569 g/mol. The summed E-state index contributed by atoms with van der Waals surface area (Å²) in [5, 5.41) is 7.53. The molecular weight excluding hydrogens is 542 g/mol. The molecule has 1 fully saturated rings. The molecule has 3 rings (SSSR count). The van der Waals surface area contributed by atoms with E-state index in [1.54, 1.807) is 6.20 Å². The highest BCUT2D eigenvalue weighted by atomic mass is 127. The zero-order valence-electron chi connectivity index (χ0n) is 17.4. The van der Waals surface area contributed by atoms with Crippen LogP contribution in [0, 0.1) is 0 Å². The molecule has 1 saturated heterocycles. The fourth-order valence-electron chi connectivity index (χ4n) is 2.96. The van der Waals surface area contributed by atoms with Crippen LogP contribution in [0.2, 0.25) is 0 Å². The molecular formula is C19H27F3IN7S. The van der Waals surface area contributed by atoms with Gasteiger partial charge in [-0.3, -0.25) is 0 Å². The van der Waals surface area contributed by atoms with Crippen molar-refractivity contribution >= 4 is 47.1 Å². The molecule has 3 heterocycles. The molecule has 1 aliphatic heterocycles. The number of halogens is 4. The van der Waals surface area contributed by atoms with Crippen LogP contribution < -0.4 is 15.5 Å². The highest BCUT2D eigenvalue weighted by Crippen LogP contribution is 2.29. The number of hydrogen-bond acceptors (Lipinski definition) is 6. The van der Waals surface area contributed by atoms with Gasteiger partial charge in [-0.2, -0.15) is 13.2 Å². The predicted octanol–water partition coefficient (Wildman–Crippen LogP) is 3.18. The number of nitrogens with zero attached hydrogens (tertiary/aromatic N) is 5. The number of thiazole rings is 1. The summed E-state index contributed by atoms with van der Waals surface area (Å²) in [5.41, 5.74) is 0.157. The molecule has 0 amide bonds. The average Bonchev–Trinajstić information content (AvgIpc) is 3.20. The van der Waals surface area contributed by atoms with Crippen molar-refractivity contribution in [2.45, 2.75) is 26.2 Å². The summed E-state index contributed by atoms with van der Waals surface area (Å²) in [6.45, 7) is 7.07. The monoisotopic (exact) mass is 569 g/mol. The van der Waals surface area contributed by atoms with Gasteiger partial charge in [-0.25, -0.2) is 15.0 Å². The topological polar surface area (TPSA) is 68.7 Å². The Labute approximate surface area is 201 Å². The number of aromatic nitrogens is 2. The first kappa shape index (κ1) is 25.6. The molecule has 0 atom stereocenters. The SMILES string of the molecule is CCNC(=NCc1ccnc(N2CCN(C)CC2)c1)NCc1nc(C(F)(F)F)cs1.I. The molecule has 172 valence electrons. The summed E-state index contributed by atoms with van der Waals surface area (Å²) in [6, 6.07) is 3.96. The molecule has 0 saturated carbocycles. The van der Waals surface area contributed by atoms with E-state index in [0.717, 1.165) is 54.3 Å². The van der Waals surface area contributed by atoms with E-state index >= 15 is 0 Å². The Balaban J connectivity index is 0.00000341. The van der Waals surface area contributed by atoms with Crippen LogP contribution in [-0.2, 0) is 19.3 Å². The molecule has 0 unspecified atom stereocenters. The van der Waals surface area contributed by atoms with E-state index < -0.39 is 11.9 Å². The van der Waals surface area contributed by atoms with Crippen molar-refractivity contribution in [3.63, 3.8) is 0 Å². The lowest BCUT2D eigenvalue weighted by Crippen LogP contribution is -2.44. The van der Waals surface area contributed by atoms with Gasteiger partial charge in [0.05, 0.1) is 13.1 Å². The first-order valence-electron chi connectivity index (χ1n) is 9.77. The summed E-state index contributed by atoms with van der Waals surface area (Å²) in [6.07, 6.45) is -2.64. The Morgan fingerprint density at radius 2 is 1.97 bits per heavy atom. The molecule has 2 N–H and O–H groups in total. The number of piperazine rings is 1. The number of alkyl halides is 3. The maximum Gasteiger partial charge on any atom is 0.434 e. The molecule has 0 bridgehead atoms. The molecule has 0 aromatic carbocycles. The van der Waals surface area contributed by atoms with Crippen LogP contribution in [0.3, 0.4) is 0 Å². The second-order valence-corrected chi connectivity index (χ2v) is 7.93. The minimum Gasteiger partial charge on any atom is -0.357 e. The number of guanidine groups is 1. The van der Waals surface area contributed by atoms with Crippen molar-refractivity contribution in [1.82, 2.24) is 25.5 Å². The Kier molecular flexibility index (Phi) is 9.75. The Morgan fingerprint density at radius 1 is 1.23 bits per heavy atom. The minimum absolute atomic E-state index is 0. The Bertz CT molecular complexity index is 851. The summed E-state index contributed by atoms with van der Waals surface area (Å²) in [5.74, 6) is 1.47. The zero-order chi connectivity index (χ0) is 21.6. The van der Waals surface area contributed by atoms with Crippen molar-refractivity contribution < 1.29 is 13.2 Å². The number of anilines is 1. The van der Waals surface area contributed by atoms with E-state index in [2.05, 4.69) is 42.4 Å². The van der Waals surface area contributed by atoms with Gasteiger partial charge in [-0.05, 0) is 31.7 Å². The summed E-state index contributed by atoms with van der Waals surface area (Å²) in [4.78, 5) is 17.2. The number of rotatable bonds is 6. The molecule has 2 aromatic heterocycles. The molecule has 31 heavy (non-hydrogen) atoms. The van der Waals surface area contributed by atoms with Gasteiger partial charge in [0, 0.05) is 44.3 Å². The van der Waals surface area contributed by atoms with Gasteiger partial charge in [0.15, 0.2) is 11.7 Å². The quantitative estimate of drug-likeness (QED) is 0.317. The van der Waals surface area contributed by atoms with E-state index in [-0.39, 0.29) is 30.5 Å². The van der Waals surface area contributed by atoms with E-state index in [0.29, 0.717) is 24.1 Å². The van der Waals surface area contributed by atoms with Crippen LogP contribution in [0.5, 0.6) is 0 Å². The molecule has 2 aromatic rings. The van der Waals surface area contributed by atoms with Gasteiger partial charge in [0.2, 0.25) is 0 Å². The van der Waals surface area contributed by atoms with Gasteiger partial charge in [-0.15, -0.1) is 35.3 Å². The highest BCUT2D eigenvalue weighted by Gasteiger charge is 2.33. The third-order valence-corrected chi connectivity index (χ3v) is 5.50. The molecule has 0 aliphatic carbocycles. The fourth-order valence-corrected chi connectivity index (χ4v) is 3.70. The predicted molar refractivity (Wildman–Crippen MR) is 128 cm³/mol. The van der Waals surface area contributed by atoms with E-state index in [9.17, 15) is 13.2 Å². The van der Waals surface area contributed by atoms with Gasteiger partial charge < -0.3 is 20.4 Å². The number of likely N-dealkylation sites (N-methyl/N-ethyl adjacent to an activating group) is 1. The third-order valence-electron chi connectivity index (χ3n) is 4.65. The van der Waals surface area contributed by atoms with Crippen LogP contribution in [-0.4, -0.2) is 60.6 Å². The lowest BCUT2D eigenvalue weighted by Gasteiger charge is -2.33. The van der Waals surface area contributed by atoms with Gasteiger partial charge in [-0.1, -0.05) is 0 Å². The van der Waals surface area contributed by atoms with Crippen LogP contribution in [0.1, 0.15) is 23.2 Å². The zero-order valence-corrected chi connectivity index (χ0v) is 20.6. The lowest BCUT2D eigenvalue weighted by molar-refractivity contribution is -0.140. The van der Waals surface area contributed by atoms with E-state index in [4.69, 9.17) is 0 Å². The first-order valence-corrected chi connectivity index (χ1v) is 10.7. The van der Waals surface area contributed by atoms with Crippen LogP contribution in [0.15, 0.2) is 28.7 Å². The molecule has 12 heteroatoms. The van der Waals surface area contributed by atoms with Crippen molar-refractivity contribution in [1.29, 1.82) is 0 Å². The van der Waals surface area contributed by atoms with Gasteiger partial charge >= 0.3 is 6.18 Å². The van der Waals surface area contributed by atoms with Crippen molar-refractivity contribution in [3.05, 3.63) is 40.0 Å². The fraction of sp³-hybridized carbons (Fsp3) is 0.526. The normalized spacial score (nSPS) is 15.5. The van der Waals surface area contributed by atoms with Crippen molar-refractivity contribution in [2.24, 2.45) is 4.99 Å². The van der Waals surface area contributed by atoms with Crippen molar-refractivity contribution in [3.8, 4) is 0 Å². The van der Waals surface area contributed by atoms with E-state index in [1.807, 2.05) is 19.1 Å². The van der Waals surface area contributed by atoms with Crippen LogP contribution in [0.4, 0.5) is 19.0 Å². The third kappa shape index (κ3) is 7.75. The van der Waals surface area contributed by atoms with E-state index in [1.165, 1.54) is 0 Å². The van der Waals surface area contributed by atoms with Crippen LogP contribution >= 0.6 is 35.3 Å². The molecule has 0 spiro atoms. The maximum absolute atomic E-state index is 12.7.